The molecule has 1 heterocycles. The summed E-state index contributed by atoms with van der Waals surface area (Å²) in [5, 5.41) is 12.6. The zero-order valence-corrected chi connectivity index (χ0v) is 10.9. The number of nitriles is 1. The third kappa shape index (κ3) is 4.10. The molecule has 1 atom stereocenters. The smallest absolute Gasteiger partial charge is 0.113 e. The van der Waals surface area contributed by atoms with E-state index in [-0.39, 0.29) is 5.54 Å². The van der Waals surface area contributed by atoms with Gasteiger partial charge in [0.1, 0.15) is 11.3 Å². The first kappa shape index (κ1) is 12.5. The van der Waals surface area contributed by atoms with Gasteiger partial charge in [0, 0.05) is 6.04 Å². The Balaban J connectivity index is 1.67. The van der Waals surface area contributed by atoms with Gasteiger partial charge < -0.3 is 4.42 Å². The van der Waals surface area contributed by atoms with E-state index < -0.39 is 0 Å². The van der Waals surface area contributed by atoms with Crippen LogP contribution in [0.4, 0.5) is 0 Å². The van der Waals surface area contributed by atoms with Gasteiger partial charge in [0.25, 0.3) is 0 Å². The first-order valence-electron chi connectivity index (χ1n) is 6.01. The van der Waals surface area contributed by atoms with Crippen LogP contribution in [0.2, 0.25) is 0 Å². The van der Waals surface area contributed by atoms with Gasteiger partial charge in [0.15, 0.2) is 0 Å². The molecule has 0 saturated heterocycles. The van der Waals surface area contributed by atoms with E-state index in [1.54, 1.807) is 6.26 Å². The topological polar surface area (TPSA) is 49.0 Å². The summed E-state index contributed by atoms with van der Waals surface area (Å²) in [5.41, 5.74) is -0.364. The molecule has 1 aliphatic rings. The lowest BCUT2D eigenvalue weighted by Gasteiger charge is -2.22. The van der Waals surface area contributed by atoms with Crippen LogP contribution >= 0.6 is 11.8 Å². The van der Waals surface area contributed by atoms with Crippen LogP contribution in [0.15, 0.2) is 22.8 Å². The molecule has 0 bridgehead atoms. The van der Waals surface area contributed by atoms with Gasteiger partial charge in [0.2, 0.25) is 0 Å². The summed E-state index contributed by atoms with van der Waals surface area (Å²) in [7, 11) is 0. The van der Waals surface area contributed by atoms with Crippen LogP contribution in [0.3, 0.4) is 0 Å². The molecular formula is C13H18N2OS. The summed E-state index contributed by atoms with van der Waals surface area (Å²) in [6, 6.07) is 6.87. The summed E-state index contributed by atoms with van der Waals surface area (Å²) in [6.07, 6.45) is 5.02. The highest BCUT2D eigenvalue weighted by Crippen LogP contribution is 2.25. The molecule has 0 radical (unpaired) electrons. The van der Waals surface area contributed by atoms with Gasteiger partial charge in [-0.15, -0.1) is 0 Å². The first-order valence-corrected chi connectivity index (χ1v) is 7.16. The van der Waals surface area contributed by atoms with E-state index in [9.17, 15) is 5.26 Å². The monoisotopic (exact) mass is 250 g/mol. The molecule has 17 heavy (non-hydrogen) atoms. The molecule has 1 aliphatic carbocycles. The Labute approximate surface area is 107 Å². The van der Waals surface area contributed by atoms with Crippen LogP contribution in [0.5, 0.6) is 0 Å². The number of furan rings is 1. The highest BCUT2D eigenvalue weighted by molar-refractivity contribution is 7.98. The van der Waals surface area contributed by atoms with E-state index >= 15 is 0 Å². The molecule has 3 nitrogen and oxygen atoms in total. The van der Waals surface area contributed by atoms with Crippen molar-refractivity contribution in [3.63, 3.8) is 0 Å². The second-order valence-electron chi connectivity index (χ2n) is 4.74. The van der Waals surface area contributed by atoms with E-state index in [2.05, 4.69) is 11.4 Å². The van der Waals surface area contributed by atoms with Crippen molar-refractivity contribution in [3.05, 3.63) is 24.2 Å². The number of thioether (sulfide) groups is 1. The van der Waals surface area contributed by atoms with Crippen molar-refractivity contribution in [2.45, 2.75) is 43.5 Å². The number of hydrogen-bond acceptors (Lipinski definition) is 4. The third-order valence-electron chi connectivity index (χ3n) is 2.92. The normalized spacial score (nSPS) is 18.6. The Bertz CT molecular complexity index is 381. The van der Waals surface area contributed by atoms with E-state index in [1.807, 2.05) is 30.8 Å². The molecule has 1 fully saturated rings. The van der Waals surface area contributed by atoms with Crippen LogP contribution in [-0.2, 0) is 5.75 Å². The fourth-order valence-corrected chi connectivity index (χ4v) is 2.74. The Morgan fingerprint density at radius 3 is 3.06 bits per heavy atom. The second kappa shape index (κ2) is 5.61. The number of hydrogen-bond donors (Lipinski definition) is 1. The average Bonchev–Trinajstić information content (AvgIpc) is 2.97. The van der Waals surface area contributed by atoms with E-state index in [0.717, 1.165) is 23.7 Å². The van der Waals surface area contributed by atoms with Gasteiger partial charge in [-0.05, 0) is 44.1 Å². The minimum absolute atomic E-state index is 0.364. The van der Waals surface area contributed by atoms with Crippen LogP contribution in [0.1, 0.15) is 31.9 Å². The molecule has 0 aromatic carbocycles. The summed E-state index contributed by atoms with van der Waals surface area (Å²) < 4.78 is 5.27. The minimum atomic E-state index is -0.364. The summed E-state index contributed by atoms with van der Waals surface area (Å²) in [4.78, 5) is 0. The predicted octanol–water partition coefficient (Wildman–Crippen LogP) is 2.94. The third-order valence-corrected chi connectivity index (χ3v) is 3.90. The Morgan fingerprint density at radius 2 is 2.47 bits per heavy atom. The number of rotatable bonds is 7. The van der Waals surface area contributed by atoms with Crippen molar-refractivity contribution in [1.82, 2.24) is 5.32 Å². The summed E-state index contributed by atoms with van der Waals surface area (Å²) in [6.45, 7) is 2.00. The van der Waals surface area contributed by atoms with Gasteiger partial charge in [-0.2, -0.15) is 17.0 Å². The Hall–Kier alpha value is -0.920. The molecule has 1 N–H and O–H groups in total. The van der Waals surface area contributed by atoms with Gasteiger partial charge in [-0.3, -0.25) is 5.32 Å². The van der Waals surface area contributed by atoms with Crippen molar-refractivity contribution in [3.8, 4) is 6.07 Å². The van der Waals surface area contributed by atoms with Crippen molar-refractivity contribution in [2.24, 2.45) is 0 Å². The number of nitrogens with one attached hydrogen (secondary N) is 1. The molecule has 1 saturated carbocycles. The highest BCUT2D eigenvalue weighted by atomic mass is 32.2. The lowest BCUT2D eigenvalue weighted by atomic mass is 10.0. The first-order chi connectivity index (χ1) is 8.22. The second-order valence-corrected chi connectivity index (χ2v) is 5.85. The largest absolute Gasteiger partial charge is 0.468 e. The van der Waals surface area contributed by atoms with Gasteiger partial charge >= 0.3 is 0 Å². The quantitative estimate of drug-likeness (QED) is 0.756. The fraction of sp³-hybridized carbons (Fsp3) is 0.615. The molecule has 4 heteroatoms. The lowest BCUT2D eigenvalue weighted by Crippen LogP contribution is -2.42. The molecule has 2 rings (SSSR count). The van der Waals surface area contributed by atoms with Crippen LogP contribution < -0.4 is 5.32 Å². The fourth-order valence-electron chi connectivity index (χ4n) is 1.68. The van der Waals surface area contributed by atoms with E-state index in [4.69, 9.17) is 4.42 Å². The SMILES string of the molecule is CC(C#N)(CCSCc1ccco1)NC1CC1. The van der Waals surface area contributed by atoms with Crippen molar-refractivity contribution in [1.29, 1.82) is 5.26 Å². The highest BCUT2D eigenvalue weighted by Gasteiger charge is 2.31. The molecule has 0 amide bonds. The van der Waals surface area contributed by atoms with Crippen molar-refractivity contribution >= 4 is 11.8 Å². The molecule has 1 unspecified atom stereocenters. The lowest BCUT2D eigenvalue weighted by molar-refractivity contribution is 0.433. The van der Waals surface area contributed by atoms with Crippen molar-refractivity contribution < 1.29 is 4.42 Å². The average molecular weight is 250 g/mol. The van der Waals surface area contributed by atoms with Gasteiger partial charge in [0.05, 0.1) is 18.1 Å². The zero-order chi connectivity index (χ0) is 12.1. The Morgan fingerprint density at radius 1 is 1.65 bits per heavy atom. The van der Waals surface area contributed by atoms with Crippen LogP contribution in [0.25, 0.3) is 0 Å². The molecular weight excluding hydrogens is 232 g/mol. The zero-order valence-electron chi connectivity index (χ0n) is 10.1. The standard InChI is InChI=1S/C13H18N2OS/c1-13(10-14,15-11-4-5-11)6-8-17-9-12-3-2-7-16-12/h2-3,7,11,15H,4-6,8-9H2,1H3. The minimum Gasteiger partial charge on any atom is -0.468 e. The molecule has 92 valence electrons. The van der Waals surface area contributed by atoms with Gasteiger partial charge in [-0.25, -0.2) is 0 Å². The number of nitrogens with zero attached hydrogens (tertiary/aromatic N) is 1. The maximum atomic E-state index is 9.20. The van der Waals surface area contributed by atoms with Crippen LogP contribution in [0, 0.1) is 11.3 Å². The van der Waals surface area contributed by atoms with E-state index in [0.29, 0.717) is 6.04 Å². The maximum absolute atomic E-state index is 9.20. The molecule has 0 spiro atoms. The Kier molecular flexibility index (Phi) is 4.14. The van der Waals surface area contributed by atoms with E-state index in [1.165, 1.54) is 12.8 Å². The maximum Gasteiger partial charge on any atom is 0.113 e. The van der Waals surface area contributed by atoms with Gasteiger partial charge in [-0.1, -0.05) is 0 Å². The predicted molar refractivity (Wildman–Crippen MR) is 69.7 cm³/mol. The van der Waals surface area contributed by atoms with Crippen LogP contribution in [-0.4, -0.2) is 17.3 Å². The summed E-state index contributed by atoms with van der Waals surface area (Å²) >= 11 is 1.82. The molecule has 0 aliphatic heterocycles. The molecule has 1 aromatic heterocycles. The molecule has 1 aromatic rings. The van der Waals surface area contributed by atoms with Crippen molar-refractivity contribution in [2.75, 3.05) is 5.75 Å². The summed E-state index contributed by atoms with van der Waals surface area (Å²) in [5.74, 6) is 2.87.